The lowest BCUT2D eigenvalue weighted by molar-refractivity contribution is 0.305. The molecule has 1 nitrogen and oxygen atoms in total. The minimum absolute atomic E-state index is 0.433. The first-order valence-corrected chi connectivity index (χ1v) is 4.79. The molecule has 3 atom stereocenters. The number of hydrogen-bond acceptors (Lipinski definition) is 1. The molecule has 2 N–H and O–H groups in total. The van der Waals surface area contributed by atoms with E-state index >= 15 is 0 Å². The minimum Gasteiger partial charge on any atom is -0.327 e. The van der Waals surface area contributed by atoms with Crippen LogP contribution in [0.2, 0.25) is 0 Å². The Kier molecular flexibility index (Phi) is 1.26. The van der Waals surface area contributed by atoms with Crippen LogP contribution in [-0.2, 0) is 0 Å². The van der Waals surface area contributed by atoms with Crippen molar-refractivity contribution < 1.29 is 0 Å². The van der Waals surface area contributed by atoms with Gasteiger partial charge in [-0.3, -0.25) is 0 Å². The summed E-state index contributed by atoms with van der Waals surface area (Å²) in [4.78, 5) is 0. The van der Waals surface area contributed by atoms with Crippen LogP contribution in [0.3, 0.4) is 0 Å². The number of rotatable bonds is 0. The molecule has 0 radical (unpaired) electrons. The van der Waals surface area contributed by atoms with Crippen LogP contribution in [0, 0.1) is 16.7 Å². The van der Waals surface area contributed by atoms with Crippen LogP contribution < -0.4 is 5.73 Å². The molecule has 64 valence electrons. The average Bonchev–Trinajstić information content (AvgIpc) is 2.33. The average molecular weight is 153 g/mol. The fourth-order valence-corrected chi connectivity index (χ4v) is 3.55. The van der Waals surface area contributed by atoms with E-state index in [-0.39, 0.29) is 0 Å². The van der Waals surface area contributed by atoms with E-state index < -0.39 is 0 Å². The molecule has 11 heavy (non-hydrogen) atoms. The maximum atomic E-state index is 6.13. The third kappa shape index (κ3) is 0.618. The Bertz CT molecular complexity index is 179. The summed E-state index contributed by atoms with van der Waals surface area (Å²) in [6, 6.07) is 0.479. The van der Waals surface area contributed by atoms with E-state index in [1.807, 2.05) is 0 Å². The van der Waals surface area contributed by atoms with Crippen molar-refractivity contribution >= 4 is 0 Å². The molecule has 2 fully saturated rings. The molecule has 0 aliphatic heterocycles. The van der Waals surface area contributed by atoms with Gasteiger partial charge >= 0.3 is 0 Å². The molecule has 0 aromatic carbocycles. The molecule has 1 heteroatoms. The summed E-state index contributed by atoms with van der Waals surface area (Å²) >= 11 is 0. The normalized spacial score (nSPS) is 53.5. The highest BCUT2D eigenvalue weighted by Crippen LogP contribution is 2.72. The number of hydrogen-bond donors (Lipinski definition) is 1. The molecule has 2 saturated carbocycles. The molecular weight excluding hydrogens is 134 g/mol. The van der Waals surface area contributed by atoms with Crippen LogP contribution in [-0.4, -0.2) is 6.04 Å². The summed E-state index contributed by atoms with van der Waals surface area (Å²) in [5, 5.41) is 0. The Hall–Kier alpha value is -0.0400. The molecule has 0 aromatic heterocycles. The highest BCUT2D eigenvalue weighted by Gasteiger charge is 2.71. The lowest BCUT2D eigenvalue weighted by atomic mass is 9.87. The Labute approximate surface area is 69.4 Å². The Balaban J connectivity index is 2.26. The van der Waals surface area contributed by atoms with Gasteiger partial charge in [0, 0.05) is 6.04 Å². The maximum absolute atomic E-state index is 6.13. The summed E-state index contributed by atoms with van der Waals surface area (Å²) in [7, 11) is 0. The Morgan fingerprint density at radius 1 is 1.36 bits per heavy atom. The molecule has 1 spiro atoms. The lowest BCUT2D eigenvalue weighted by Gasteiger charge is -2.17. The first-order valence-electron chi connectivity index (χ1n) is 4.79. The van der Waals surface area contributed by atoms with Crippen LogP contribution in [0.5, 0.6) is 0 Å². The van der Waals surface area contributed by atoms with Gasteiger partial charge in [-0.2, -0.15) is 0 Å². The second kappa shape index (κ2) is 1.82. The van der Waals surface area contributed by atoms with Crippen molar-refractivity contribution in [3.05, 3.63) is 0 Å². The van der Waals surface area contributed by atoms with Crippen LogP contribution in [0.4, 0.5) is 0 Å². The van der Waals surface area contributed by atoms with Crippen molar-refractivity contribution in [3.63, 3.8) is 0 Å². The van der Waals surface area contributed by atoms with Crippen LogP contribution in [0.1, 0.15) is 40.0 Å². The minimum atomic E-state index is 0.433. The van der Waals surface area contributed by atoms with E-state index in [1.54, 1.807) is 0 Å². The van der Waals surface area contributed by atoms with Crippen molar-refractivity contribution in [1.29, 1.82) is 0 Å². The zero-order chi connectivity index (χ0) is 8.28. The molecule has 0 aromatic rings. The van der Waals surface area contributed by atoms with Gasteiger partial charge in [-0.25, -0.2) is 0 Å². The van der Waals surface area contributed by atoms with Crippen molar-refractivity contribution in [2.24, 2.45) is 22.5 Å². The molecule has 2 aliphatic rings. The van der Waals surface area contributed by atoms with E-state index in [0.29, 0.717) is 16.9 Å². The molecule has 3 unspecified atom stereocenters. The van der Waals surface area contributed by atoms with E-state index in [1.165, 1.54) is 19.3 Å². The molecule has 2 rings (SSSR count). The standard InChI is InChI=1S/C10H19N/c1-7-5-4-6-10(7)8(11)9(10,2)3/h7-8H,4-6,11H2,1-3H3. The third-order valence-corrected chi connectivity index (χ3v) is 4.56. The maximum Gasteiger partial charge on any atom is 0.0161 e. The van der Waals surface area contributed by atoms with E-state index in [2.05, 4.69) is 20.8 Å². The van der Waals surface area contributed by atoms with Gasteiger partial charge in [-0.1, -0.05) is 33.6 Å². The van der Waals surface area contributed by atoms with Gasteiger partial charge in [0.2, 0.25) is 0 Å². The van der Waals surface area contributed by atoms with Crippen molar-refractivity contribution in [3.8, 4) is 0 Å². The van der Waals surface area contributed by atoms with Crippen LogP contribution in [0.25, 0.3) is 0 Å². The first kappa shape index (κ1) is 7.60. The fourth-order valence-electron chi connectivity index (χ4n) is 3.55. The smallest absolute Gasteiger partial charge is 0.0161 e. The van der Waals surface area contributed by atoms with Crippen molar-refractivity contribution in [2.75, 3.05) is 0 Å². The van der Waals surface area contributed by atoms with Gasteiger partial charge < -0.3 is 5.73 Å². The fraction of sp³-hybridized carbons (Fsp3) is 1.00. The third-order valence-electron chi connectivity index (χ3n) is 4.56. The molecule has 0 saturated heterocycles. The zero-order valence-electron chi connectivity index (χ0n) is 7.85. The summed E-state index contributed by atoms with van der Waals surface area (Å²) in [5.41, 5.74) is 7.10. The number of nitrogens with two attached hydrogens (primary N) is 1. The summed E-state index contributed by atoms with van der Waals surface area (Å²) in [6.07, 6.45) is 4.18. The summed E-state index contributed by atoms with van der Waals surface area (Å²) < 4.78 is 0. The highest BCUT2D eigenvalue weighted by atomic mass is 14.9. The molecular formula is C10H19N. The van der Waals surface area contributed by atoms with E-state index in [9.17, 15) is 0 Å². The topological polar surface area (TPSA) is 26.0 Å². The summed E-state index contributed by atoms with van der Waals surface area (Å²) in [6.45, 7) is 7.04. The first-order chi connectivity index (χ1) is 5.03. The molecule has 0 heterocycles. The van der Waals surface area contributed by atoms with Gasteiger partial charge in [0.15, 0.2) is 0 Å². The SMILES string of the molecule is CC1CCCC12C(N)C2(C)C. The van der Waals surface area contributed by atoms with Crippen LogP contribution >= 0.6 is 0 Å². The second-order valence-corrected chi connectivity index (χ2v) is 5.03. The lowest BCUT2D eigenvalue weighted by Crippen LogP contribution is -2.16. The Morgan fingerprint density at radius 3 is 2.09 bits per heavy atom. The van der Waals surface area contributed by atoms with Crippen molar-refractivity contribution in [1.82, 2.24) is 0 Å². The van der Waals surface area contributed by atoms with Gasteiger partial charge in [0.1, 0.15) is 0 Å². The molecule has 0 bridgehead atoms. The largest absolute Gasteiger partial charge is 0.327 e. The van der Waals surface area contributed by atoms with Gasteiger partial charge in [0.05, 0.1) is 0 Å². The predicted molar refractivity (Wildman–Crippen MR) is 47.2 cm³/mol. The summed E-state index contributed by atoms with van der Waals surface area (Å²) in [5.74, 6) is 0.868. The predicted octanol–water partition coefficient (Wildman–Crippen LogP) is 2.16. The van der Waals surface area contributed by atoms with Crippen molar-refractivity contribution in [2.45, 2.75) is 46.1 Å². The van der Waals surface area contributed by atoms with Crippen LogP contribution in [0.15, 0.2) is 0 Å². The van der Waals surface area contributed by atoms with E-state index in [0.717, 1.165) is 5.92 Å². The van der Waals surface area contributed by atoms with Gasteiger partial charge in [-0.05, 0) is 23.2 Å². The van der Waals surface area contributed by atoms with Gasteiger partial charge in [0.25, 0.3) is 0 Å². The monoisotopic (exact) mass is 153 g/mol. The highest BCUT2D eigenvalue weighted by molar-refractivity contribution is 5.24. The zero-order valence-corrected chi connectivity index (χ0v) is 7.85. The van der Waals surface area contributed by atoms with Gasteiger partial charge in [-0.15, -0.1) is 0 Å². The van der Waals surface area contributed by atoms with E-state index in [4.69, 9.17) is 5.73 Å². The molecule has 2 aliphatic carbocycles. The second-order valence-electron chi connectivity index (χ2n) is 5.03. The molecule has 0 amide bonds. The quantitative estimate of drug-likeness (QED) is 0.567. The Morgan fingerprint density at radius 2 is 1.91 bits per heavy atom.